The summed E-state index contributed by atoms with van der Waals surface area (Å²) in [5, 5.41) is 3.53. The molecule has 19 heavy (non-hydrogen) atoms. The molecule has 0 spiro atoms. The molecule has 1 heterocycles. The van der Waals surface area contributed by atoms with E-state index in [4.69, 9.17) is 11.6 Å². The first-order valence-electron chi connectivity index (χ1n) is 6.58. The average Bonchev–Trinajstić information content (AvgIpc) is 3.18. The molecule has 0 amide bonds. The lowest BCUT2D eigenvalue weighted by Gasteiger charge is -2.19. The van der Waals surface area contributed by atoms with Gasteiger partial charge < -0.3 is 10.2 Å². The van der Waals surface area contributed by atoms with Gasteiger partial charge in [0.1, 0.15) is 0 Å². The van der Waals surface area contributed by atoms with Crippen LogP contribution in [0.3, 0.4) is 0 Å². The van der Waals surface area contributed by atoms with Crippen molar-refractivity contribution in [3.05, 3.63) is 5.28 Å². The van der Waals surface area contributed by atoms with E-state index < -0.39 is 0 Å². The van der Waals surface area contributed by atoms with Gasteiger partial charge in [0, 0.05) is 24.4 Å². The van der Waals surface area contributed by atoms with E-state index in [-0.39, 0.29) is 5.28 Å². The molecular formula is C12H20ClN5S. The Labute approximate surface area is 123 Å². The zero-order chi connectivity index (χ0) is 13.9. The van der Waals surface area contributed by atoms with Gasteiger partial charge in [-0.2, -0.15) is 26.7 Å². The van der Waals surface area contributed by atoms with Crippen LogP contribution in [0.4, 0.5) is 11.9 Å². The SMILES string of the molecule is CCN(CC)c1nc(Cl)nc(NCC2(SC)CC2)n1. The summed E-state index contributed by atoms with van der Waals surface area (Å²) in [5.74, 6) is 1.21. The highest BCUT2D eigenvalue weighted by Crippen LogP contribution is 2.46. The maximum absolute atomic E-state index is 5.97. The van der Waals surface area contributed by atoms with E-state index in [2.05, 4.69) is 45.3 Å². The highest BCUT2D eigenvalue weighted by atomic mass is 35.5. The van der Waals surface area contributed by atoms with Gasteiger partial charge in [-0.25, -0.2) is 0 Å². The number of hydrogen-bond acceptors (Lipinski definition) is 6. The van der Waals surface area contributed by atoms with Gasteiger partial charge >= 0.3 is 0 Å². The topological polar surface area (TPSA) is 53.9 Å². The van der Waals surface area contributed by atoms with Crippen LogP contribution in [0.2, 0.25) is 5.28 Å². The van der Waals surface area contributed by atoms with Crippen LogP contribution in [-0.4, -0.2) is 45.6 Å². The maximum atomic E-state index is 5.97. The van der Waals surface area contributed by atoms with Gasteiger partial charge in [-0.1, -0.05) is 0 Å². The zero-order valence-corrected chi connectivity index (χ0v) is 13.2. The molecule has 0 bridgehead atoms. The Morgan fingerprint density at radius 3 is 2.47 bits per heavy atom. The van der Waals surface area contributed by atoms with Crippen molar-refractivity contribution in [1.29, 1.82) is 0 Å². The fourth-order valence-corrected chi connectivity index (χ4v) is 2.78. The number of anilines is 2. The van der Waals surface area contributed by atoms with E-state index in [9.17, 15) is 0 Å². The van der Waals surface area contributed by atoms with Crippen molar-refractivity contribution < 1.29 is 0 Å². The van der Waals surface area contributed by atoms with Crippen molar-refractivity contribution in [2.24, 2.45) is 0 Å². The largest absolute Gasteiger partial charge is 0.353 e. The first-order chi connectivity index (χ1) is 9.12. The summed E-state index contributed by atoms with van der Waals surface area (Å²) in [6.45, 7) is 6.73. The molecule has 1 saturated carbocycles. The minimum absolute atomic E-state index is 0.244. The third kappa shape index (κ3) is 3.63. The number of nitrogens with zero attached hydrogens (tertiary/aromatic N) is 4. The summed E-state index contributed by atoms with van der Waals surface area (Å²) in [7, 11) is 0. The molecule has 1 N–H and O–H groups in total. The van der Waals surface area contributed by atoms with Crippen LogP contribution in [-0.2, 0) is 0 Å². The monoisotopic (exact) mass is 301 g/mol. The van der Waals surface area contributed by atoms with Crippen LogP contribution in [0.15, 0.2) is 0 Å². The Balaban J connectivity index is 2.08. The minimum Gasteiger partial charge on any atom is -0.353 e. The van der Waals surface area contributed by atoms with Crippen LogP contribution in [0.1, 0.15) is 26.7 Å². The highest BCUT2D eigenvalue weighted by Gasteiger charge is 2.41. The highest BCUT2D eigenvalue weighted by molar-refractivity contribution is 8.00. The molecule has 0 aromatic carbocycles. The molecule has 0 radical (unpaired) electrons. The molecule has 0 unspecified atom stereocenters. The molecule has 0 aliphatic heterocycles. The van der Waals surface area contributed by atoms with Gasteiger partial charge in [-0.05, 0) is 44.5 Å². The third-order valence-electron chi connectivity index (χ3n) is 3.45. The van der Waals surface area contributed by atoms with Gasteiger partial charge in [-0.15, -0.1) is 0 Å². The molecule has 1 aliphatic rings. The van der Waals surface area contributed by atoms with Crippen molar-refractivity contribution >= 4 is 35.3 Å². The van der Waals surface area contributed by atoms with Crippen LogP contribution in [0.5, 0.6) is 0 Å². The second-order valence-electron chi connectivity index (χ2n) is 4.64. The summed E-state index contributed by atoms with van der Waals surface area (Å²) in [5.41, 5.74) is 0. The smallest absolute Gasteiger partial charge is 0.231 e. The lowest BCUT2D eigenvalue weighted by molar-refractivity contribution is 0.809. The molecule has 2 rings (SSSR count). The second kappa shape index (κ2) is 6.13. The van der Waals surface area contributed by atoms with Crippen molar-refractivity contribution in [3.8, 4) is 0 Å². The Bertz CT molecular complexity index is 434. The van der Waals surface area contributed by atoms with E-state index in [1.807, 2.05) is 11.8 Å². The number of aromatic nitrogens is 3. The normalized spacial score (nSPS) is 16.2. The lowest BCUT2D eigenvalue weighted by atomic mass is 10.4. The number of hydrogen-bond donors (Lipinski definition) is 1. The Morgan fingerprint density at radius 1 is 1.26 bits per heavy atom. The van der Waals surface area contributed by atoms with E-state index in [0.717, 1.165) is 19.6 Å². The van der Waals surface area contributed by atoms with Crippen LogP contribution < -0.4 is 10.2 Å². The van der Waals surface area contributed by atoms with Crippen molar-refractivity contribution in [2.75, 3.05) is 36.1 Å². The van der Waals surface area contributed by atoms with Crippen molar-refractivity contribution in [3.63, 3.8) is 0 Å². The van der Waals surface area contributed by atoms with Crippen LogP contribution in [0, 0.1) is 0 Å². The first-order valence-corrected chi connectivity index (χ1v) is 8.18. The fourth-order valence-electron chi connectivity index (χ4n) is 1.90. The minimum atomic E-state index is 0.244. The van der Waals surface area contributed by atoms with Gasteiger partial charge in [0.05, 0.1) is 0 Å². The summed E-state index contributed by atoms with van der Waals surface area (Å²) in [6.07, 6.45) is 4.65. The maximum Gasteiger partial charge on any atom is 0.231 e. The molecular weight excluding hydrogens is 282 g/mol. The fraction of sp³-hybridized carbons (Fsp3) is 0.750. The van der Waals surface area contributed by atoms with Gasteiger partial charge in [0.25, 0.3) is 0 Å². The third-order valence-corrected chi connectivity index (χ3v) is 5.04. The molecule has 1 aromatic heterocycles. The first kappa shape index (κ1) is 14.7. The summed E-state index contributed by atoms with van der Waals surface area (Å²) >= 11 is 7.88. The van der Waals surface area contributed by atoms with E-state index in [1.165, 1.54) is 12.8 Å². The molecule has 0 saturated heterocycles. The Morgan fingerprint density at radius 2 is 1.95 bits per heavy atom. The van der Waals surface area contributed by atoms with E-state index >= 15 is 0 Å². The molecule has 1 fully saturated rings. The molecule has 1 aromatic rings. The second-order valence-corrected chi connectivity index (χ2v) is 6.25. The summed E-state index contributed by atoms with van der Waals surface area (Å²) < 4.78 is 0.370. The quantitative estimate of drug-likeness (QED) is 0.835. The van der Waals surface area contributed by atoms with Crippen molar-refractivity contribution in [2.45, 2.75) is 31.4 Å². The van der Waals surface area contributed by atoms with Crippen molar-refractivity contribution in [1.82, 2.24) is 15.0 Å². The summed E-state index contributed by atoms with van der Waals surface area (Å²) in [4.78, 5) is 14.8. The van der Waals surface area contributed by atoms with Crippen LogP contribution >= 0.6 is 23.4 Å². The molecule has 1 aliphatic carbocycles. The standard InChI is InChI=1S/C12H20ClN5S/c1-4-18(5-2)11-16-9(13)15-10(17-11)14-8-12(19-3)6-7-12/h4-8H2,1-3H3,(H,14,15,16,17). The van der Waals surface area contributed by atoms with Crippen LogP contribution in [0.25, 0.3) is 0 Å². The Kier molecular flexibility index (Phi) is 4.73. The lowest BCUT2D eigenvalue weighted by Crippen LogP contribution is -2.25. The van der Waals surface area contributed by atoms with E-state index in [1.54, 1.807) is 0 Å². The van der Waals surface area contributed by atoms with Gasteiger partial charge in [0.2, 0.25) is 17.2 Å². The molecule has 5 nitrogen and oxygen atoms in total. The number of rotatable bonds is 7. The predicted molar refractivity (Wildman–Crippen MR) is 82.4 cm³/mol. The number of halogens is 1. The molecule has 7 heteroatoms. The summed E-state index contributed by atoms with van der Waals surface area (Å²) in [6, 6.07) is 0. The average molecular weight is 302 g/mol. The zero-order valence-electron chi connectivity index (χ0n) is 11.6. The van der Waals surface area contributed by atoms with Gasteiger partial charge in [0.15, 0.2) is 0 Å². The number of thioether (sulfide) groups is 1. The molecule has 0 atom stereocenters. The Hall–Kier alpha value is -0.750. The molecule has 106 valence electrons. The predicted octanol–water partition coefficient (Wildman–Crippen LogP) is 2.68. The van der Waals surface area contributed by atoms with Gasteiger partial charge in [-0.3, -0.25) is 0 Å². The van der Waals surface area contributed by atoms with E-state index in [0.29, 0.717) is 16.6 Å². The number of nitrogens with one attached hydrogen (secondary N) is 1.